The lowest BCUT2D eigenvalue weighted by Crippen LogP contribution is -2.39. The zero-order valence-corrected chi connectivity index (χ0v) is 14.8. The molecule has 0 aromatic heterocycles. The maximum atomic E-state index is 12.3. The van der Waals surface area contributed by atoms with Gasteiger partial charge >= 0.3 is 5.97 Å². The Kier molecular flexibility index (Phi) is 9.37. The SMILES string of the molecule is CCCCCCCCOC(=O)[C@H](Cc1ccc(O)cc1)N(C)C. The Balaban J connectivity index is 2.35. The third-order valence-corrected chi connectivity index (χ3v) is 4.00. The predicted octanol–water partition coefficient (Wildman–Crippen LogP) is 3.77. The minimum Gasteiger partial charge on any atom is -0.508 e. The van der Waals surface area contributed by atoms with Gasteiger partial charge in [0.25, 0.3) is 0 Å². The van der Waals surface area contributed by atoms with Crippen molar-refractivity contribution in [1.29, 1.82) is 0 Å². The normalized spacial score (nSPS) is 12.3. The van der Waals surface area contributed by atoms with Crippen LogP contribution >= 0.6 is 0 Å². The van der Waals surface area contributed by atoms with Crippen molar-refractivity contribution in [2.45, 2.75) is 57.9 Å². The van der Waals surface area contributed by atoms with E-state index in [0.717, 1.165) is 18.4 Å². The highest BCUT2D eigenvalue weighted by Crippen LogP contribution is 2.14. The number of rotatable bonds is 11. The molecule has 0 saturated carbocycles. The molecule has 1 aromatic rings. The van der Waals surface area contributed by atoms with Crippen molar-refractivity contribution >= 4 is 5.97 Å². The summed E-state index contributed by atoms with van der Waals surface area (Å²) in [5, 5.41) is 9.33. The quantitative estimate of drug-likeness (QED) is 0.498. The predicted molar refractivity (Wildman–Crippen MR) is 93.6 cm³/mol. The molecule has 1 atom stereocenters. The Morgan fingerprint density at radius 2 is 1.70 bits per heavy atom. The van der Waals surface area contributed by atoms with Crippen LogP contribution in [-0.2, 0) is 16.0 Å². The van der Waals surface area contributed by atoms with Gasteiger partial charge in [-0.05, 0) is 44.6 Å². The minimum atomic E-state index is -0.292. The van der Waals surface area contributed by atoms with Crippen LogP contribution < -0.4 is 0 Å². The van der Waals surface area contributed by atoms with E-state index in [1.165, 1.54) is 25.7 Å². The molecule has 0 aliphatic rings. The molecule has 1 rings (SSSR count). The van der Waals surface area contributed by atoms with E-state index >= 15 is 0 Å². The molecule has 0 aliphatic carbocycles. The summed E-state index contributed by atoms with van der Waals surface area (Å²) < 4.78 is 5.44. The highest BCUT2D eigenvalue weighted by molar-refractivity contribution is 5.76. The van der Waals surface area contributed by atoms with Gasteiger partial charge < -0.3 is 9.84 Å². The molecule has 0 aliphatic heterocycles. The fourth-order valence-corrected chi connectivity index (χ4v) is 2.48. The van der Waals surface area contributed by atoms with Crippen LogP contribution in [0.15, 0.2) is 24.3 Å². The Labute approximate surface area is 140 Å². The Hall–Kier alpha value is -1.55. The van der Waals surface area contributed by atoms with Crippen LogP contribution in [0.2, 0.25) is 0 Å². The zero-order valence-electron chi connectivity index (χ0n) is 14.8. The van der Waals surface area contributed by atoms with Crippen LogP contribution in [0.1, 0.15) is 51.0 Å². The van der Waals surface area contributed by atoms with Gasteiger partial charge in [0.1, 0.15) is 11.8 Å². The molecule has 0 fully saturated rings. The second-order valence-electron chi connectivity index (χ2n) is 6.29. The van der Waals surface area contributed by atoms with E-state index < -0.39 is 0 Å². The van der Waals surface area contributed by atoms with Gasteiger partial charge in [-0.25, -0.2) is 0 Å². The van der Waals surface area contributed by atoms with Crippen LogP contribution in [0.4, 0.5) is 0 Å². The first-order valence-corrected chi connectivity index (χ1v) is 8.65. The monoisotopic (exact) mass is 321 g/mol. The molecule has 130 valence electrons. The number of carbonyl (C=O) groups is 1. The van der Waals surface area contributed by atoms with E-state index in [9.17, 15) is 9.90 Å². The molecular weight excluding hydrogens is 290 g/mol. The lowest BCUT2D eigenvalue weighted by molar-refractivity contribution is -0.149. The second kappa shape index (κ2) is 11.1. The third-order valence-electron chi connectivity index (χ3n) is 4.00. The summed E-state index contributed by atoms with van der Waals surface area (Å²) in [6.07, 6.45) is 7.67. The summed E-state index contributed by atoms with van der Waals surface area (Å²) in [5.74, 6) is 0.0671. The summed E-state index contributed by atoms with van der Waals surface area (Å²) in [5.41, 5.74) is 1.01. The lowest BCUT2D eigenvalue weighted by atomic mass is 10.1. The van der Waals surface area contributed by atoms with E-state index in [1.807, 2.05) is 31.1 Å². The average Bonchev–Trinajstić information content (AvgIpc) is 2.53. The second-order valence-corrected chi connectivity index (χ2v) is 6.29. The van der Waals surface area contributed by atoms with E-state index in [1.54, 1.807) is 12.1 Å². The van der Waals surface area contributed by atoms with Crippen LogP contribution in [0.3, 0.4) is 0 Å². The molecule has 0 bridgehead atoms. The number of ether oxygens (including phenoxy) is 1. The highest BCUT2D eigenvalue weighted by atomic mass is 16.5. The number of esters is 1. The largest absolute Gasteiger partial charge is 0.508 e. The number of unbranched alkanes of at least 4 members (excludes halogenated alkanes) is 5. The van der Waals surface area contributed by atoms with Gasteiger partial charge in [-0.2, -0.15) is 0 Å². The molecule has 0 unspecified atom stereocenters. The Morgan fingerprint density at radius 1 is 1.09 bits per heavy atom. The number of phenols is 1. The van der Waals surface area contributed by atoms with E-state index in [0.29, 0.717) is 13.0 Å². The third kappa shape index (κ3) is 8.03. The molecule has 0 heterocycles. The van der Waals surface area contributed by atoms with Crippen LogP contribution in [0.5, 0.6) is 5.75 Å². The van der Waals surface area contributed by atoms with Gasteiger partial charge in [-0.1, -0.05) is 51.2 Å². The number of hydrogen-bond donors (Lipinski definition) is 1. The molecule has 0 saturated heterocycles. The van der Waals surface area contributed by atoms with Crippen molar-refractivity contribution in [2.75, 3.05) is 20.7 Å². The van der Waals surface area contributed by atoms with Crippen molar-refractivity contribution in [2.24, 2.45) is 0 Å². The van der Waals surface area contributed by atoms with Crippen molar-refractivity contribution in [1.82, 2.24) is 4.90 Å². The molecule has 1 N–H and O–H groups in total. The topological polar surface area (TPSA) is 49.8 Å². The highest BCUT2D eigenvalue weighted by Gasteiger charge is 2.22. The smallest absolute Gasteiger partial charge is 0.323 e. The van der Waals surface area contributed by atoms with Gasteiger partial charge in [0.05, 0.1) is 6.61 Å². The van der Waals surface area contributed by atoms with Crippen molar-refractivity contribution in [3.05, 3.63) is 29.8 Å². The van der Waals surface area contributed by atoms with Crippen molar-refractivity contribution in [3.8, 4) is 5.75 Å². The molecule has 23 heavy (non-hydrogen) atoms. The molecule has 0 spiro atoms. The molecular formula is C19H31NO3. The summed E-state index contributed by atoms with van der Waals surface area (Å²) in [6.45, 7) is 2.71. The van der Waals surface area contributed by atoms with E-state index in [4.69, 9.17) is 4.74 Å². The molecule has 0 amide bonds. The van der Waals surface area contributed by atoms with Crippen LogP contribution in [0, 0.1) is 0 Å². The number of benzene rings is 1. The van der Waals surface area contributed by atoms with Gasteiger partial charge in [0, 0.05) is 0 Å². The summed E-state index contributed by atoms with van der Waals surface area (Å²) >= 11 is 0. The summed E-state index contributed by atoms with van der Waals surface area (Å²) in [4.78, 5) is 14.2. The number of aromatic hydroxyl groups is 1. The van der Waals surface area contributed by atoms with Gasteiger partial charge in [-0.3, -0.25) is 9.69 Å². The average molecular weight is 321 g/mol. The van der Waals surface area contributed by atoms with E-state index in [-0.39, 0.29) is 17.8 Å². The van der Waals surface area contributed by atoms with Gasteiger partial charge in [0.2, 0.25) is 0 Å². The Morgan fingerprint density at radius 3 is 2.30 bits per heavy atom. The van der Waals surface area contributed by atoms with Gasteiger partial charge in [0.15, 0.2) is 0 Å². The molecule has 1 aromatic carbocycles. The summed E-state index contributed by atoms with van der Waals surface area (Å²) in [7, 11) is 3.77. The maximum Gasteiger partial charge on any atom is 0.323 e. The molecule has 0 radical (unpaired) electrons. The number of phenolic OH excluding ortho intramolecular Hbond substituents is 1. The lowest BCUT2D eigenvalue weighted by Gasteiger charge is -2.22. The minimum absolute atomic E-state index is 0.170. The first-order valence-electron chi connectivity index (χ1n) is 8.65. The molecule has 4 nitrogen and oxygen atoms in total. The van der Waals surface area contributed by atoms with Gasteiger partial charge in [-0.15, -0.1) is 0 Å². The maximum absolute atomic E-state index is 12.3. The van der Waals surface area contributed by atoms with Crippen molar-refractivity contribution < 1.29 is 14.6 Å². The molecule has 4 heteroatoms. The van der Waals surface area contributed by atoms with Crippen LogP contribution in [-0.4, -0.2) is 42.7 Å². The fourth-order valence-electron chi connectivity index (χ4n) is 2.48. The first-order chi connectivity index (χ1) is 11.0. The van der Waals surface area contributed by atoms with Crippen molar-refractivity contribution in [3.63, 3.8) is 0 Å². The number of likely N-dealkylation sites (N-methyl/N-ethyl adjacent to an activating group) is 1. The number of hydrogen-bond acceptors (Lipinski definition) is 4. The fraction of sp³-hybridized carbons (Fsp3) is 0.632. The van der Waals surface area contributed by atoms with E-state index in [2.05, 4.69) is 6.92 Å². The number of carbonyl (C=O) groups excluding carboxylic acids is 1. The first kappa shape index (κ1) is 19.5. The van der Waals surface area contributed by atoms with Crippen LogP contribution in [0.25, 0.3) is 0 Å². The zero-order chi connectivity index (χ0) is 17.1. The number of nitrogens with zero attached hydrogens (tertiary/aromatic N) is 1. The summed E-state index contributed by atoms with van der Waals surface area (Å²) in [6, 6.07) is 6.67. The Bertz CT molecular complexity index is 442. The standard InChI is InChI=1S/C19H31NO3/c1-4-5-6-7-8-9-14-23-19(22)18(20(2)3)15-16-10-12-17(21)13-11-16/h10-13,18,21H,4-9,14-15H2,1-3H3/t18-/m0/s1.